The van der Waals surface area contributed by atoms with Crippen LogP contribution < -0.4 is 4.74 Å². The van der Waals surface area contributed by atoms with Crippen LogP contribution in [0.3, 0.4) is 0 Å². The van der Waals surface area contributed by atoms with Crippen LogP contribution in [0.4, 0.5) is 13.2 Å². The lowest BCUT2D eigenvalue weighted by atomic mass is 9.94. The van der Waals surface area contributed by atoms with E-state index >= 15 is 0 Å². The molecule has 0 radical (unpaired) electrons. The van der Waals surface area contributed by atoms with E-state index in [4.69, 9.17) is 15.3 Å². The van der Waals surface area contributed by atoms with Crippen LogP contribution in [0.5, 0.6) is 5.75 Å². The van der Waals surface area contributed by atoms with Gasteiger partial charge in [0.1, 0.15) is 17.3 Å². The first-order valence-electron chi connectivity index (χ1n) is 12.3. The Morgan fingerprint density at radius 3 is 2.68 bits per heavy atom. The predicted octanol–water partition coefficient (Wildman–Crippen LogP) is 4.65. The van der Waals surface area contributed by atoms with Crippen molar-refractivity contribution in [2.75, 3.05) is 26.2 Å². The fourth-order valence-electron chi connectivity index (χ4n) is 4.71. The van der Waals surface area contributed by atoms with Crippen LogP contribution in [0.15, 0.2) is 42.4 Å². The number of ether oxygens (including phenoxy) is 1. The number of hydrogen-bond donors (Lipinski definition) is 1. The summed E-state index contributed by atoms with van der Waals surface area (Å²) in [6.07, 6.45) is 0.853. The number of likely N-dealkylation sites (tertiary alicyclic amines) is 1. The maximum absolute atomic E-state index is 14.0. The number of hydrogen-bond acceptors (Lipinski definition) is 6. The number of nitrogens with zero attached hydrogens (tertiary/aromatic N) is 5. The average Bonchev–Trinajstić information content (AvgIpc) is 3.24. The zero-order valence-corrected chi connectivity index (χ0v) is 21.3. The molecule has 1 aromatic carbocycles. The fraction of sp³-hybridized carbons (Fsp3) is 0.407. The number of piperidine rings is 1. The number of alkyl halides is 3. The van der Waals surface area contributed by atoms with Gasteiger partial charge in [0.2, 0.25) is 5.76 Å². The molecule has 0 atom stereocenters. The minimum Gasteiger partial charge on any atom is -0.597 e. The van der Waals surface area contributed by atoms with Crippen molar-refractivity contribution < 1.29 is 23.0 Å². The van der Waals surface area contributed by atoms with E-state index in [2.05, 4.69) is 14.9 Å². The van der Waals surface area contributed by atoms with Gasteiger partial charge in [-0.2, -0.15) is 18.4 Å². The van der Waals surface area contributed by atoms with E-state index in [9.17, 15) is 18.4 Å². The summed E-state index contributed by atoms with van der Waals surface area (Å²) in [7, 11) is 1.74. The van der Waals surface area contributed by atoms with Gasteiger partial charge in [-0.05, 0) is 62.5 Å². The van der Waals surface area contributed by atoms with Gasteiger partial charge in [-0.3, -0.25) is 4.90 Å². The van der Waals surface area contributed by atoms with Crippen LogP contribution in [-0.2, 0) is 13.2 Å². The van der Waals surface area contributed by atoms with Crippen LogP contribution in [0.1, 0.15) is 37.4 Å². The maximum Gasteiger partial charge on any atom is 0.419 e. The predicted molar refractivity (Wildman–Crippen MR) is 138 cm³/mol. The summed E-state index contributed by atoms with van der Waals surface area (Å²) in [6.45, 7) is 3.92. The Balaban J connectivity index is 1.42. The lowest BCUT2D eigenvalue weighted by Gasteiger charge is -2.31. The lowest BCUT2D eigenvalue weighted by molar-refractivity contribution is -0.138. The van der Waals surface area contributed by atoms with Crippen molar-refractivity contribution >= 4 is 16.7 Å². The molecule has 1 saturated heterocycles. The molecule has 38 heavy (non-hydrogen) atoms. The topological polar surface area (TPSA) is 114 Å². The Morgan fingerprint density at radius 1 is 1.29 bits per heavy atom. The summed E-state index contributed by atoms with van der Waals surface area (Å²) in [6, 6.07) is 7.45. The van der Waals surface area contributed by atoms with Gasteiger partial charge in [-0.1, -0.05) is 0 Å². The summed E-state index contributed by atoms with van der Waals surface area (Å²) in [4.78, 5) is 10.6. The first kappa shape index (κ1) is 27.1. The number of aryl methyl sites for hydroxylation is 1. The Hall–Kier alpha value is -3.91. The third kappa shape index (κ3) is 6.31. The van der Waals surface area contributed by atoms with Gasteiger partial charge >= 0.3 is 6.18 Å². The van der Waals surface area contributed by atoms with Gasteiger partial charge in [0.05, 0.1) is 41.5 Å². The van der Waals surface area contributed by atoms with Crippen LogP contribution in [0.25, 0.3) is 22.3 Å². The molecule has 1 fully saturated rings. The van der Waals surface area contributed by atoms with E-state index < -0.39 is 11.7 Å². The summed E-state index contributed by atoms with van der Waals surface area (Å²) in [5.41, 5.74) is 1.07. The van der Waals surface area contributed by atoms with Gasteiger partial charge in [0.25, 0.3) is 0 Å². The number of imidazole rings is 1. The van der Waals surface area contributed by atoms with Crippen LogP contribution in [0, 0.1) is 22.7 Å². The monoisotopic (exact) mass is 527 g/mol. The second-order valence-corrected chi connectivity index (χ2v) is 9.61. The highest BCUT2D eigenvalue weighted by atomic mass is 19.4. The number of rotatable bonds is 8. The van der Waals surface area contributed by atoms with Gasteiger partial charge in [0.15, 0.2) is 5.69 Å². The molecule has 1 aliphatic rings. The number of allylic oxidation sites excluding steroid dienone is 1. The molecule has 3 N–H and O–H groups in total. The van der Waals surface area contributed by atoms with Gasteiger partial charge in [0, 0.05) is 26.1 Å². The van der Waals surface area contributed by atoms with Crippen molar-refractivity contribution in [3.8, 4) is 23.1 Å². The van der Waals surface area contributed by atoms with Crippen molar-refractivity contribution in [1.29, 1.82) is 10.7 Å². The lowest BCUT2D eigenvalue weighted by Crippen LogP contribution is -2.37. The number of benzene rings is 1. The second kappa shape index (κ2) is 11.2. The number of nitrogens with one attached hydrogen (secondary N) is 1. The molecule has 8 nitrogen and oxygen atoms in total. The molecule has 200 valence electrons. The Morgan fingerprint density at radius 2 is 2.03 bits per heavy atom. The summed E-state index contributed by atoms with van der Waals surface area (Å²) in [5.74, 6) is 0.458. The highest BCUT2D eigenvalue weighted by molar-refractivity contribution is 5.94. The summed E-state index contributed by atoms with van der Waals surface area (Å²) < 4.78 is 49.2. The Kier molecular flexibility index (Phi) is 8.02. The largest absolute Gasteiger partial charge is 0.597 e. The SMILES string of the molecule is C/C([OH2+])=C/C(=N)CN1CCC(CCOc2ccc(-c3cc4c(ncn4C)c(C#N)n3)cc2C(F)(F)F)CC1. The van der Waals surface area contributed by atoms with Gasteiger partial charge < -0.3 is 19.8 Å². The molecule has 11 heteroatoms. The van der Waals surface area contributed by atoms with Crippen molar-refractivity contribution in [3.63, 3.8) is 0 Å². The van der Waals surface area contributed by atoms with Crippen molar-refractivity contribution in [1.82, 2.24) is 19.4 Å². The van der Waals surface area contributed by atoms with Crippen molar-refractivity contribution in [2.45, 2.75) is 32.4 Å². The number of halogens is 3. The molecule has 0 aliphatic carbocycles. The minimum absolute atomic E-state index is 0.0536. The molecule has 3 aromatic rings. The van der Waals surface area contributed by atoms with E-state index in [0.29, 0.717) is 41.4 Å². The van der Waals surface area contributed by atoms with E-state index in [1.165, 1.54) is 18.5 Å². The van der Waals surface area contributed by atoms with E-state index in [1.54, 1.807) is 30.7 Å². The Labute approximate surface area is 218 Å². The number of aromatic nitrogens is 3. The van der Waals surface area contributed by atoms with Gasteiger partial charge in [-0.15, -0.1) is 0 Å². The molecule has 0 unspecified atom stereocenters. The number of pyridine rings is 1. The number of fused-ring (bicyclic) bond motifs is 1. The molecule has 0 amide bonds. The molecule has 0 saturated carbocycles. The standard InChI is InChI=1S/C27H29F3N6O2/c1-17(37)11-20(32)15-36-8-5-18(6-9-36)7-10-38-25-4-3-19(12-21(25)27(28,29)30)22-13-24-26(23(14-31)34-22)33-16-35(24)2/h3-4,11-13,16,18,32,37H,5-10,15H2,1-2H3/p+1/b17-11-,32-20?. The van der Waals surface area contributed by atoms with Crippen LogP contribution in [-0.4, -0.2) is 56.5 Å². The number of nitriles is 1. The zero-order valence-electron chi connectivity index (χ0n) is 21.3. The van der Waals surface area contributed by atoms with Crippen molar-refractivity contribution in [2.24, 2.45) is 13.0 Å². The van der Waals surface area contributed by atoms with E-state index in [0.717, 1.165) is 32.0 Å². The zero-order chi connectivity index (χ0) is 27.4. The van der Waals surface area contributed by atoms with Crippen LogP contribution >= 0.6 is 0 Å². The molecular formula is C27H30F3N6O2+. The van der Waals surface area contributed by atoms with E-state index in [-0.39, 0.29) is 29.3 Å². The molecule has 0 bridgehead atoms. The first-order chi connectivity index (χ1) is 18.0. The fourth-order valence-corrected chi connectivity index (χ4v) is 4.71. The molecule has 4 rings (SSSR count). The third-order valence-electron chi connectivity index (χ3n) is 6.67. The molecule has 2 aromatic heterocycles. The second-order valence-electron chi connectivity index (χ2n) is 9.61. The average molecular weight is 528 g/mol. The highest BCUT2D eigenvalue weighted by Crippen LogP contribution is 2.39. The summed E-state index contributed by atoms with van der Waals surface area (Å²) in [5, 5.41) is 24.8. The van der Waals surface area contributed by atoms with Gasteiger partial charge in [-0.25, -0.2) is 9.97 Å². The first-order valence-corrected chi connectivity index (χ1v) is 12.3. The van der Waals surface area contributed by atoms with Crippen LogP contribution in [0.2, 0.25) is 0 Å². The minimum atomic E-state index is -4.62. The quantitative estimate of drug-likeness (QED) is 0.260. The molecular weight excluding hydrogens is 497 g/mol. The highest BCUT2D eigenvalue weighted by Gasteiger charge is 2.35. The maximum atomic E-state index is 14.0. The van der Waals surface area contributed by atoms with E-state index in [1.807, 2.05) is 6.07 Å². The smallest absolute Gasteiger partial charge is 0.419 e. The normalized spacial score (nSPS) is 15.5. The third-order valence-corrected chi connectivity index (χ3v) is 6.67. The summed E-state index contributed by atoms with van der Waals surface area (Å²) >= 11 is 0. The molecule has 1 aliphatic heterocycles. The Bertz CT molecular complexity index is 1390. The molecule has 0 spiro atoms. The van der Waals surface area contributed by atoms with Crippen molar-refractivity contribution in [3.05, 3.63) is 53.7 Å². The molecule has 3 heterocycles.